The number of amides is 2. The highest BCUT2D eigenvalue weighted by Crippen LogP contribution is 2.05. The van der Waals surface area contributed by atoms with Gasteiger partial charge in [0.2, 0.25) is 0 Å². The van der Waals surface area contributed by atoms with Crippen molar-refractivity contribution in [3.63, 3.8) is 0 Å². The fourth-order valence-electron chi connectivity index (χ4n) is 1.49. The summed E-state index contributed by atoms with van der Waals surface area (Å²) < 4.78 is 4.87. The van der Waals surface area contributed by atoms with E-state index in [2.05, 4.69) is 0 Å². The summed E-state index contributed by atoms with van der Waals surface area (Å²) in [5.41, 5.74) is 0. The van der Waals surface area contributed by atoms with Gasteiger partial charge in [0, 0.05) is 19.1 Å². The third kappa shape index (κ3) is 5.06. The number of ether oxygens (including phenoxy) is 1. The lowest BCUT2D eigenvalue weighted by molar-refractivity contribution is -0.144. The van der Waals surface area contributed by atoms with E-state index in [1.165, 1.54) is 4.90 Å². The molecule has 0 spiro atoms. The van der Waals surface area contributed by atoms with E-state index in [0.29, 0.717) is 19.7 Å². The zero-order valence-corrected chi connectivity index (χ0v) is 11.5. The monoisotopic (exact) mass is 244 g/mol. The second-order valence-electron chi connectivity index (χ2n) is 3.98. The van der Waals surface area contributed by atoms with Gasteiger partial charge in [0.25, 0.3) is 0 Å². The van der Waals surface area contributed by atoms with Crippen LogP contribution in [-0.4, -0.2) is 54.1 Å². The Hall–Kier alpha value is -1.26. The number of esters is 1. The molecule has 5 heteroatoms. The first kappa shape index (κ1) is 15.7. The average Bonchev–Trinajstić information content (AvgIpc) is 2.27. The largest absolute Gasteiger partial charge is 0.465 e. The normalized spacial score (nSPS) is 10.2. The minimum absolute atomic E-state index is 0.0147. The fraction of sp³-hybridized carbons (Fsp3) is 0.833. The van der Waals surface area contributed by atoms with Gasteiger partial charge in [-0.05, 0) is 34.6 Å². The average molecular weight is 244 g/mol. The van der Waals surface area contributed by atoms with Crippen LogP contribution in [-0.2, 0) is 9.53 Å². The van der Waals surface area contributed by atoms with Crippen LogP contribution in [0.2, 0.25) is 0 Å². The van der Waals surface area contributed by atoms with Gasteiger partial charge in [-0.15, -0.1) is 0 Å². The van der Waals surface area contributed by atoms with Crippen LogP contribution in [0.4, 0.5) is 4.79 Å². The SMILES string of the molecule is CCOC(=O)CN(C(=O)N(CC)CC)C(C)C. The van der Waals surface area contributed by atoms with E-state index in [-0.39, 0.29) is 24.6 Å². The molecular formula is C12H24N2O3. The van der Waals surface area contributed by atoms with Crippen molar-refractivity contribution in [3.8, 4) is 0 Å². The maximum atomic E-state index is 12.1. The van der Waals surface area contributed by atoms with E-state index in [9.17, 15) is 9.59 Å². The maximum absolute atomic E-state index is 12.1. The first-order valence-corrected chi connectivity index (χ1v) is 6.18. The van der Waals surface area contributed by atoms with Crippen molar-refractivity contribution in [1.82, 2.24) is 9.80 Å². The Balaban J connectivity index is 4.62. The van der Waals surface area contributed by atoms with E-state index < -0.39 is 0 Å². The van der Waals surface area contributed by atoms with Gasteiger partial charge in [-0.2, -0.15) is 0 Å². The molecule has 0 aliphatic rings. The first-order valence-electron chi connectivity index (χ1n) is 6.18. The summed E-state index contributed by atoms with van der Waals surface area (Å²) in [5, 5.41) is 0. The van der Waals surface area contributed by atoms with Gasteiger partial charge in [-0.25, -0.2) is 4.79 Å². The molecule has 0 bridgehead atoms. The number of carbonyl (C=O) groups excluding carboxylic acids is 2. The van der Waals surface area contributed by atoms with Crippen LogP contribution in [0.3, 0.4) is 0 Å². The molecule has 0 fully saturated rings. The lowest BCUT2D eigenvalue weighted by Crippen LogP contribution is -2.48. The molecule has 100 valence electrons. The molecule has 0 saturated carbocycles. The van der Waals surface area contributed by atoms with Crippen LogP contribution in [0.5, 0.6) is 0 Å². The van der Waals surface area contributed by atoms with Crippen LogP contribution in [0, 0.1) is 0 Å². The molecule has 0 aliphatic heterocycles. The van der Waals surface area contributed by atoms with Crippen molar-refractivity contribution in [2.75, 3.05) is 26.2 Å². The summed E-state index contributed by atoms with van der Waals surface area (Å²) in [6.45, 7) is 11.0. The number of hydrogen-bond donors (Lipinski definition) is 0. The van der Waals surface area contributed by atoms with Gasteiger partial charge >= 0.3 is 12.0 Å². The van der Waals surface area contributed by atoms with E-state index >= 15 is 0 Å². The maximum Gasteiger partial charge on any atom is 0.325 e. The minimum Gasteiger partial charge on any atom is -0.465 e. The van der Waals surface area contributed by atoms with E-state index in [4.69, 9.17) is 4.74 Å². The Morgan fingerprint density at radius 2 is 1.65 bits per heavy atom. The van der Waals surface area contributed by atoms with Crippen LogP contribution < -0.4 is 0 Å². The Morgan fingerprint density at radius 3 is 2.00 bits per heavy atom. The summed E-state index contributed by atoms with van der Waals surface area (Å²) in [5.74, 6) is -0.360. The lowest BCUT2D eigenvalue weighted by Gasteiger charge is -2.31. The smallest absolute Gasteiger partial charge is 0.325 e. The predicted molar refractivity (Wildman–Crippen MR) is 66.8 cm³/mol. The number of hydrogen-bond acceptors (Lipinski definition) is 3. The third-order valence-electron chi connectivity index (χ3n) is 2.51. The molecule has 17 heavy (non-hydrogen) atoms. The van der Waals surface area contributed by atoms with Crippen molar-refractivity contribution < 1.29 is 14.3 Å². The Bertz CT molecular complexity index is 250. The molecule has 0 rings (SSSR count). The van der Waals surface area contributed by atoms with Crippen LogP contribution in [0.1, 0.15) is 34.6 Å². The third-order valence-corrected chi connectivity index (χ3v) is 2.51. The van der Waals surface area contributed by atoms with Gasteiger partial charge in [0.15, 0.2) is 0 Å². The first-order chi connectivity index (χ1) is 7.97. The summed E-state index contributed by atoms with van der Waals surface area (Å²) in [7, 11) is 0. The van der Waals surface area contributed by atoms with Gasteiger partial charge in [0.1, 0.15) is 6.54 Å². The highest BCUT2D eigenvalue weighted by molar-refractivity contribution is 5.81. The van der Waals surface area contributed by atoms with Crippen molar-refractivity contribution in [2.24, 2.45) is 0 Å². The Morgan fingerprint density at radius 1 is 1.12 bits per heavy atom. The van der Waals surface area contributed by atoms with Crippen LogP contribution in [0.15, 0.2) is 0 Å². The second kappa shape index (κ2) is 7.92. The van der Waals surface area contributed by atoms with Gasteiger partial charge < -0.3 is 14.5 Å². The molecule has 0 aromatic heterocycles. The van der Waals surface area contributed by atoms with Crippen LogP contribution >= 0.6 is 0 Å². The van der Waals surface area contributed by atoms with Crippen molar-refractivity contribution in [3.05, 3.63) is 0 Å². The van der Waals surface area contributed by atoms with Gasteiger partial charge in [-0.1, -0.05) is 0 Å². The number of urea groups is 1. The molecule has 0 aliphatic carbocycles. The highest BCUT2D eigenvalue weighted by atomic mass is 16.5. The van der Waals surface area contributed by atoms with Crippen LogP contribution in [0.25, 0.3) is 0 Å². The molecule has 2 amide bonds. The molecule has 0 aromatic rings. The van der Waals surface area contributed by atoms with E-state index in [1.807, 2.05) is 27.7 Å². The zero-order chi connectivity index (χ0) is 13.4. The zero-order valence-electron chi connectivity index (χ0n) is 11.5. The summed E-state index contributed by atoms with van der Waals surface area (Å²) >= 11 is 0. The topological polar surface area (TPSA) is 49.9 Å². The lowest BCUT2D eigenvalue weighted by atomic mass is 10.3. The van der Waals surface area contributed by atoms with E-state index in [0.717, 1.165) is 0 Å². The molecule has 0 N–H and O–H groups in total. The molecular weight excluding hydrogens is 220 g/mol. The number of rotatable bonds is 6. The molecule has 0 saturated heterocycles. The molecule has 0 aromatic carbocycles. The molecule has 0 radical (unpaired) electrons. The Labute approximate surface area is 104 Å². The molecule has 0 atom stereocenters. The van der Waals surface area contributed by atoms with Crippen molar-refractivity contribution >= 4 is 12.0 Å². The summed E-state index contributed by atoms with van der Waals surface area (Å²) in [6.07, 6.45) is 0. The number of nitrogens with zero attached hydrogens (tertiary/aromatic N) is 2. The molecule has 0 unspecified atom stereocenters. The van der Waals surface area contributed by atoms with Gasteiger partial charge in [0.05, 0.1) is 6.61 Å². The van der Waals surface area contributed by atoms with E-state index in [1.54, 1.807) is 11.8 Å². The van der Waals surface area contributed by atoms with Crippen molar-refractivity contribution in [2.45, 2.75) is 40.7 Å². The summed E-state index contributed by atoms with van der Waals surface area (Å²) in [6, 6.07) is -0.134. The standard InChI is InChI=1S/C12H24N2O3/c1-6-13(7-2)12(16)14(10(4)5)9-11(15)17-8-3/h10H,6-9H2,1-5H3. The quantitative estimate of drug-likeness (QED) is 0.668. The molecule has 0 heterocycles. The second-order valence-corrected chi connectivity index (χ2v) is 3.98. The number of carbonyl (C=O) groups is 2. The summed E-state index contributed by atoms with van der Waals surface area (Å²) in [4.78, 5) is 26.8. The predicted octanol–water partition coefficient (Wildman–Crippen LogP) is 1.72. The Kier molecular flexibility index (Phi) is 7.34. The van der Waals surface area contributed by atoms with Crippen molar-refractivity contribution in [1.29, 1.82) is 0 Å². The molecule has 5 nitrogen and oxygen atoms in total. The fourth-order valence-corrected chi connectivity index (χ4v) is 1.49. The minimum atomic E-state index is -0.360. The van der Waals surface area contributed by atoms with Gasteiger partial charge in [-0.3, -0.25) is 4.79 Å². The highest BCUT2D eigenvalue weighted by Gasteiger charge is 2.23.